The quantitative estimate of drug-likeness (QED) is 0.507. The first kappa shape index (κ1) is 12.1. The third kappa shape index (κ3) is 2.49. The Balaban J connectivity index is 2.35. The highest BCUT2D eigenvalue weighted by Crippen LogP contribution is 2.36. The van der Waals surface area contributed by atoms with Gasteiger partial charge in [0.25, 0.3) is 5.69 Å². The molecule has 2 aromatic rings. The van der Waals surface area contributed by atoms with Crippen LogP contribution in [-0.4, -0.2) is 21.2 Å². The fraction of sp³-hybridized carbons (Fsp3) is 0. The van der Waals surface area contributed by atoms with Crippen molar-refractivity contribution in [2.24, 2.45) is 4.99 Å². The number of H-pyrrole nitrogens is 1. The molecule has 1 aromatic carbocycles. The van der Waals surface area contributed by atoms with Crippen LogP contribution in [0.15, 0.2) is 35.5 Å². The van der Waals surface area contributed by atoms with Gasteiger partial charge in [0, 0.05) is 6.20 Å². The molecule has 1 heterocycles. The number of halogens is 1. The lowest BCUT2D eigenvalue weighted by molar-refractivity contribution is -0.384. The number of nitro benzene ring substituents is 1. The lowest BCUT2D eigenvalue weighted by Gasteiger charge is -2.00. The van der Waals surface area contributed by atoms with E-state index in [4.69, 9.17) is 11.6 Å². The molecule has 0 atom stereocenters. The summed E-state index contributed by atoms with van der Waals surface area (Å²) in [6, 6.07) is 5.80. The van der Waals surface area contributed by atoms with Gasteiger partial charge in [-0.1, -0.05) is 11.6 Å². The minimum Gasteiger partial charge on any atom is -0.505 e. The summed E-state index contributed by atoms with van der Waals surface area (Å²) in [5, 5.41) is 20.1. The molecule has 0 radical (unpaired) electrons. The third-order valence-electron chi connectivity index (χ3n) is 2.21. The maximum Gasteiger partial charge on any atom is 0.291 e. The van der Waals surface area contributed by atoms with Gasteiger partial charge in [0.05, 0.1) is 22.9 Å². The molecule has 0 aliphatic carbocycles. The molecule has 18 heavy (non-hydrogen) atoms. The number of nitrogens with one attached hydrogen (secondary N) is 1. The molecule has 2 N–H and O–H groups in total. The largest absolute Gasteiger partial charge is 0.505 e. The SMILES string of the molecule is O=[N+]([O-])c1cc(O)c(N=Cc2ccc[nH]2)cc1Cl. The minimum atomic E-state index is -0.666. The highest BCUT2D eigenvalue weighted by Gasteiger charge is 2.15. The van der Waals surface area contributed by atoms with E-state index in [1.54, 1.807) is 18.3 Å². The van der Waals surface area contributed by atoms with Gasteiger partial charge in [-0.3, -0.25) is 15.1 Å². The number of phenols is 1. The van der Waals surface area contributed by atoms with Crippen molar-refractivity contribution in [1.82, 2.24) is 4.98 Å². The van der Waals surface area contributed by atoms with Crippen LogP contribution in [0.5, 0.6) is 5.75 Å². The van der Waals surface area contributed by atoms with Crippen LogP contribution in [0.3, 0.4) is 0 Å². The van der Waals surface area contributed by atoms with E-state index in [0.717, 1.165) is 11.8 Å². The van der Waals surface area contributed by atoms with Crippen LogP contribution in [-0.2, 0) is 0 Å². The zero-order valence-corrected chi connectivity index (χ0v) is 9.76. The first-order valence-corrected chi connectivity index (χ1v) is 5.30. The van der Waals surface area contributed by atoms with E-state index in [9.17, 15) is 15.2 Å². The molecule has 0 saturated carbocycles. The smallest absolute Gasteiger partial charge is 0.291 e. The zero-order valence-electron chi connectivity index (χ0n) is 9.00. The Labute approximate surface area is 107 Å². The molecule has 0 saturated heterocycles. The Kier molecular flexibility index (Phi) is 3.29. The molecule has 0 fully saturated rings. The summed E-state index contributed by atoms with van der Waals surface area (Å²) >= 11 is 5.72. The average Bonchev–Trinajstić information content (AvgIpc) is 2.82. The predicted octanol–water partition coefficient (Wildman–Crippen LogP) is 3.03. The standard InChI is InChI=1S/C11H8ClN3O3/c12-8-4-9(11(16)5-10(8)15(17)18)14-6-7-2-1-3-13-7/h1-6,13,16H. The monoisotopic (exact) mass is 265 g/mol. The molecule has 0 aliphatic rings. The molecule has 1 aromatic heterocycles. The van der Waals surface area contributed by atoms with Crippen molar-refractivity contribution in [3.63, 3.8) is 0 Å². The second kappa shape index (κ2) is 4.89. The van der Waals surface area contributed by atoms with Gasteiger partial charge in [-0.15, -0.1) is 0 Å². The van der Waals surface area contributed by atoms with Gasteiger partial charge in [0.15, 0.2) is 0 Å². The topological polar surface area (TPSA) is 91.5 Å². The molecule has 0 aliphatic heterocycles. The summed E-state index contributed by atoms with van der Waals surface area (Å²) in [5.41, 5.74) is 0.553. The Morgan fingerprint density at radius 3 is 2.89 bits per heavy atom. The lowest BCUT2D eigenvalue weighted by Crippen LogP contribution is -1.89. The Bertz CT molecular complexity index is 608. The van der Waals surface area contributed by atoms with E-state index in [1.165, 1.54) is 12.3 Å². The van der Waals surface area contributed by atoms with Gasteiger partial charge in [0.2, 0.25) is 0 Å². The summed E-state index contributed by atoms with van der Waals surface area (Å²) < 4.78 is 0. The van der Waals surface area contributed by atoms with Gasteiger partial charge in [-0.25, -0.2) is 0 Å². The number of aliphatic imine (C=N–C) groups is 1. The van der Waals surface area contributed by atoms with Crippen molar-refractivity contribution in [3.8, 4) is 5.75 Å². The summed E-state index contributed by atoms with van der Waals surface area (Å²) in [6.45, 7) is 0. The highest BCUT2D eigenvalue weighted by molar-refractivity contribution is 6.33. The molecule has 0 spiro atoms. The van der Waals surface area contributed by atoms with Crippen LogP contribution in [0.4, 0.5) is 11.4 Å². The molecule has 2 rings (SSSR count). The minimum absolute atomic E-state index is 0.0727. The molecule has 0 unspecified atom stereocenters. The van der Waals surface area contributed by atoms with Crippen molar-refractivity contribution in [3.05, 3.63) is 51.3 Å². The molecular formula is C11H8ClN3O3. The van der Waals surface area contributed by atoms with Crippen LogP contribution in [0.2, 0.25) is 5.02 Å². The summed E-state index contributed by atoms with van der Waals surface area (Å²) in [7, 11) is 0. The van der Waals surface area contributed by atoms with E-state index in [0.29, 0.717) is 0 Å². The van der Waals surface area contributed by atoms with E-state index < -0.39 is 4.92 Å². The van der Waals surface area contributed by atoms with Crippen molar-refractivity contribution < 1.29 is 10.0 Å². The lowest BCUT2D eigenvalue weighted by atomic mass is 10.2. The number of aromatic amines is 1. The highest BCUT2D eigenvalue weighted by atomic mass is 35.5. The van der Waals surface area contributed by atoms with Crippen molar-refractivity contribution in [2.45, 2.75) is 0 Å². The fourth-order valence-electron chi connectivity index (χ4n) is 1.35. The van der Waals surface area contributed by atoms with Gasteiger partial charge >= 0.3 is 0 Å². The normalized spacial score (nSPS) is 10.9. The number of phenolic OH excluding ortho intramolecular Hbond substituents is 1. The Morgan fingerprint density at radius 1 is 1.50 bits per heavy atom. The van der Waals surface area contributed by atoms with Crippen molar-refractivity contribution >= 4 is 29.2 Å². The molecule has 92 valence electrons. The van der Waals surface area contributed by atoms with Crippen LogP contribution < -0.4 is 0 Å². The Morgan fingerprint density at radius 2 is 2.28 bits per heavy atom. The second-order valence-corrected chi connectivity index (χ2v) is 3.84. The van der Waals surface area contributed by atoms with Gasteiger partial charge in [-0.05, 0) is 18.2 Å². The molecule has 7 heteroatoms. The first-order chi connectivity index (χ1) is 8.58. The number of benzene rings is 1. The maximum atomic E-state index is 10.6. The maximum absolute atomic E-state index is 10.6. The zero-order chi connectivity index (χ0) is 13.1. The van der Waals surface area contributed by atoms with Gasteiger partial charge in [0.1, 0.15) is 16.5 Å². The molecule has 0 amide bonds. The van der Waals surface area contributed by atoms with E-state index in [1.807, 2.05) is 0 Å². The van der Waals surface area contributed by atoms with Gasteiger partial charge < -0.3 is 10.1 Å². The summed E-state index contributed by atoms with van der Waals surface area (Å²) in [4.78, 5) is 16.8. The predicted molar refractivity (Wildman–Crippen MR) is 67.8 cm³/mol. The average molecular weight is 266 g/mol. The number of aromatic hydroxyl groups is 1. The van der Waals surface area contributed by atoms with Crippen LogP contribution in [0.25, 0.3) is 0 Å². The van der Waals surface area contributed by atoms with Crippen molar-refractivity contribution in [1.29, 1.82) is 0 Å². The molecular weight excluding hydrogens is 258 g/mol. The number of hydrogen-bond donors (Lipinski definition) is 2. The fourth-order valence-corrected chi connectivity index (χ4v) is 1.57. The number of hydrogen-bond acceptors (Lipinski definition) is 4. The van der Waals surface area contributed by atoms with Crippen molar-refractivity contribution in [2.75, 3.05) is 0 Å². The third-order valence-corrected chi connectivity index (χ3v) is 2.51. The van der Waals surface area contributed by atoms with Gasteiger partial charge in [-0.2, -0.15) is 0 Å². The van der Waals surface area contributed by atoms with Crippen LogP contribution >= 0.6 is 11.6 Å². The summed E-state index contributed by atoms with van der Waals surface area (Å²) in [5.74, 6) is -0.297. The number of rotatable bonds is 3. The Hall–Kier alpha value is -2.34. The van der Waals surface area contributed by atoms with E-state index in [2.05, 4.69) is 9.98 Å². The first-order valence-electron chi connectivity index (χ1n) is 4.92. The number of aromatic nitrogens is 1. The number of nitro groups is 1. The second-order valence-electron chi connectivity index (χ2n) is 3.43. The number of nitrogens with zero attached hydrogens (tertiary/aromatic N) is 2. The van der Waals surface area contributed by atoms with E-state index in [-0.39, 0.29) is 22.1 Å². The van der Waals surface area contributed by atoms with Crippen LogP contribution in [0, 0.1) is 10.1 Å². The van der Waals surface area contributed by atoms with E-state index >= 15 is 0 Å². The molecule has 0 bridgehead atoms. The summed E-state index contributed by atoms with van der Waals surface area (Å²) in [6.07, 6.45) is 3.21. The van der Waals surface area contributed by atoms with Crippen LogP contribution in [0.1, 0.15) is 5.69 Å². The molecule has 6 nitrogen and oxygen atoms in total.